The first-order valence-electron chi connectivity index (χ1n) is 8.88. The molecular formula is C18H25N7. The normalized spacial score (nSPS) is 15.1. The van der Waals surface area contributed by atoms with E-state index in [1.54, 1.807) is 0 Å². The minimum Gasteiger partial charge on any atom is -0.364 e. The molecule has 1 aliphatic rings. The summed E-state index contributed by atoms with van der Waals surface area (Å²) in [5.41, 5.74) is 0.838. The number of nitrogens with zero attached hydrogens (tertiary/aromatic N) is 4. The van der Waals surface area contributed by atoms with E-state index in [-0.39, 0.29) is 5.54 Å². The molecule has 1 saturated carbocycles. The molecule has 0 saturated heterocycles. The summed E-state index contributed by atoms with van der Waals surface area (Å²) in [6.07, 6.45) is 6.40. The largest absolute Gasteiger partial charge is 0.364 e. The predicted octanol–water partition coefficient (Wildman–Crippen LogP) is 4.08. The van der Waals surface area contributed by atoms with Crippen LogP contribution in [0.25, 0.3) is 11.0 Å². The van der Waals surface area contributed by atoms with E-state index in [4.69, 9.17) is 4.98 Å². The van der Waals surface area contributed by atoms with Crippen LogP contribution in [0, 0.1) is 5.92 Å². The molecular weight excluding hydrogens is 314 g/mol. The van der Waals surface area contributed by atoms with Crippen molar-refractivity contribution < 1.29 is 0 Å². The van der Waals surface area contributed by atoms with E-state index in [1.807, 2.05) is 29.2 Å². The molecule has 0 aromatic carbocycles. The summed E-state index contributed by atoms with van der Waals surface area (Å²) in [6.45, 7) is 8.67. The molecule has 4 rings (SSSR count). The van der Waals surface area contributed by atoms with Gasteiger partial charge in [0, 0.05) is 30.0 Å². The smallest absolute Gasteiger partial charge is 0.232 e. The second-order valence-corrected chi connectivity index (χ2v) is 7.66. The second-order valence-electron chi connectivity index (χ2n) is 7.66. The van der Waals surface area contributed by atoms with Gasteiger partial charge in [0.25, 0.3) is 0 Å². The van der Waals surface area contributed by atoms with Crippen LogP contribution >= 0.6 is 0 Å². The number of aromatic nitrogens is 5. The molecule has 0 amide bonds. The van der Waals surface area contributed by atoms with Crippen molar-refractivity contribution in [1.82, 2.24) is 24.7 Å². The highest BCUT2D eigenvalue weighted by Gasteiger charge is 2.38. The van der Waals surface area contributed by atoms with Gasteiger partial charge in [-0.1, -0.05) is 0 Å². The lowest BCUT2D eigenvalue weighted by molar-refractivity contribution is 0.493. The van der Waals surface area contributed by atoms with E-state index in [2.05, 4.69) is 53.4 Å². The minimum atomic E-state index is 0.0229. The highest BCUT2D eigenvalue weighted by atomic mass is 15.3. The molecule has 3 aromatic rings. The zero-order valence-electron chi connectivity index (χ0n) is 15.2. The summed E-state index contributed by atoms with van der Waals surface area (Å²) in [6, 6.07) is 4.26. The van der Waals surface area contributed by atoms with Crippen LogP contribution in [0.1, 0.15) is 46.6 Å². The molecule has 3 heterocycles. The van der Waals surface area contributed by atoms with Gasteiger partial charge in [0.15, 0.2) is 5.82 Å². The van der Waals surface area contributed by atoms with Crippen LogP contribution in [0.2, 0.25) is 0 Å². The molecule has 0 radical (unpaired) electrons. The van der Waals surface area contributed by atoms with Gasteiger partial charge in [0.1, 0.15) is 11.5 Å². The van der Waals surface area contributed by atoms with Crippen molar-refractivity contribution in [2.24, 2.45) is 5.92 Å². The molecule has 3 aromatic heterocycles. The average Bonchev–Trinajstić information content (AvgIpc) is 3.13. The summed E-state index contributed by atoms with van der Waals surface area (Å²) >= 11 is 0. The molecule has 0 aliphatic heterocycles. The molecule has 0 bridgehead atoms. The van der Waals surface area contributed by atoms with Crippen LogP contribution in [-0.4, -0.2) is 30.3 Å². The van der Waals surface area contributed by atoms with Crippen LogP contribution in [0.3, 0.4) is 0 Å². The van der Waals surface area contributed by atoms with Gasteiger partial charge in [-0.2, -0.15) is 15.1 Å². The molecule has 0 atom stereocenters. The van der Waals surface area contributed by atoms with Crippen LogP contribution < -0.4 is 10.6 Å². The maximum absolute atomic E-state index is 4.72. The van der Waals surface area contributed by atoms with Gasteiger partial charge in [-0.3, -0.25) is 4.68 Å². The first-order chi connectivity index (χ1) is 11.9. The molecule has 3 N–H and O–H groups in total. The van der Waals surface area contributed by atoms with Gasteiger partial charge in [-0.25, -0.2) is 0 Å². The van der Waals surface area contributed by atoms with Gasteiger partial charge >= 0.3 is 0 Å². The summed E-state index contributed by atoms with van der Waals surface area (Å²) < 4.78 is 1.91. The topological polar surface area (TPSA) is 83.5 Å². The Kier molecular flexibility index (Phi) is 3.67. The van der Waals surface area contributed by atoms with Crippen molar-refractivity contribution in [1.29, 1.82) is 0 Å². The average molecular weight is 339 g/mol. The number of fused-ring (bicyclic) bond motifs is 1. The quantitative estimate of drug-likeness (QED) is 0.630. The van der Waals surface area contributed by atoms with Gasteiger partial charge in [-0.05, 0) is 52.5 Å². The standard InChI is InChI=1S/C18H25N7/c1-11(2)25-10-8-14(24-25)20-17-21-15-13(7-9-19-15)16(22-17)23-18(3,4)12-5-6-12/h7-12H,5-6H2,1-4H3,(H3,19,20,21,22,23,24). The lowest BCUT2D eigenvalue weighted by Crippen LogP contribution is -2.33. The monoisotopic (exact) mass is 339 g/mol. The van der Waals surface area contributed by atoms with E-state index in [1.165, 1.54) is 12.8 Å². The maximum atomic E-state index is 4.72. The van der Waals surface area contributed by atoms with Crippen molar-refractivity contribution in [2.45, 2.75) is 52.1 Å². The number of H-pyrrole nitrogens is 1. The highest BCUT2D eigenvalue weighted by Crippen LogP contribution is 2.41. The molecule has 1 fully saturated rings. The van der Waals surface area contributed by atoms with E-state index in [0.29, 0.717) is 17.9 Å². The Balaban J connectivity index is 1.64. The van der Waals surface area contributed by atoms with Crippen molar-refractivity contribution in [3.63, 3.8) is 0 Å². The van der Waals surface area contributed by atoms with Crippen LogP contribution in [0.15, 0.2) is 24.5 Å². The Morgan fingerprint density at radius 1 is 1.24 bits per heavy atom. The Bertz CT molecular complexity index is 886. The van der Waals surface area contributed by atoms with Crippen LogP contribution in [0.4, 0.5) is 17.6 Å². The number of hydrogen-bond acceptors (Lipinski definition) is 5. The van der Waals surface area contributed by atoms with Crippen molar-refractivity contribution in [3.05, 3.63) is 24.5 Å². The summed E-state index contributed by atoms with van der Waals surface area (Å²) in [7, 11) is 0. The molecule has 0 unspecified atom stereocenters. The van der Waals surface area contributed by atoms with E-state index in [9.17, 15) is 0 Å². The van der Waals surface area contributed by atoms with Crippen molar-refractivity contribution >= 4 is 28.6 Å². The number of rotatable bonds is 6. The Labute approximate surface area is 147 Å². The Morgan fingerprint density at radius 3 is 2.72 bits per heavy atom. The maximum Gasteiger partial charge on any atom is 0.232 e. The molecule has 132 valence electrons. The number of anilines is 3. The van der Waals surface area contributed by atoms with Gasteiger partial charge < -0.3 is 15.6 Å². The lowest BCUT2D eigenvalue weighted by Gasteiger charge is -2.27. The zero-order valence-corrected chi connectivity index (χ0v) is 15.2. The number of hydrogen-bond donors (Lipinski definition) is 3. The third kappa shape index (κ3) is 3.18. The van der Waals surface area contributed by atoms with Gasteiger partial charge in [0.2, 0.25) is 5.95 Å². The predicted molar refractivity (Wildman–Crippen MR) is 100 cm³/mol. The van der Waals surface area contributed by atoms with E-state index >= 15 is 0 Å². The van der Waals surface area contributed by atoms with Crippen LogP contribution in [0.5, 0.6) is 0 Å². The number of aromatic amines is 1. The molecule has 0 spiro atoms. The van der Waals surface area contributed by atoms with Gasteiger partial charge in [-0.15, -0.1) is 0 Å². The molecule has 25 heavy (non-hydrogen) atoms. The second kappa shape index (κ2) is 5.75. The summed E-state index contributed by atoms with van der Waals surface area (Å²) in [5, 5.41) is 12.4. The lowest BCUT2D eigenvalue weighted by atomic mass is 9.99. The molecule has 7 nitrogen and oxygen atoms in total. The van der Waals surface area contributed by atoms with E-state index in [0.717, 1.165) is 22.7 Å². The fourth-order valence-electron chi connectivity index (χ4n) is 3.11. The van der Waals surface area contributed by atoms with Crippen LogP contribution in [-0.2, 0) is 0 Å². The first kappa shape index (κ1) is 15.9. The fraction of sp³-hybridized carbons (Fsp3) is 0.500. The SMILES string of the molecule is CC(C)n1ccc(Nc2nc(NC(C)(C)C3CC3)c3cc[nH]c3n2)n1. The third-order valence-corrected chi connectivity index (χ3v) is 4.83. The summed E-state index contributed by atoms with van der Waals surface area (Å²) in [5.74, 6) is 2.84. The Morgan fingerprint density at radius 2 is 2.04 bits per heavy atom. The Hall–Kier alpha value is -2.57. The molecule has 7 heteroatoms. The van der Waals surface area contributed by atoms with E-state index < -0.39 is 0 Å². The third-order valence-electron chi connectivity index (χ3n) is 4.83. The number of nitrogens with one attached hydrogen (secondary N) is 3. The zero-order chi connectivity index (χ0) is 17.6. The van der Waals surface area contributed by atoms with Crippen molar-refractivity contribution in [3.8, 4) is 0 Å². The first-order valence-corrected chi connectivity index (χ1v) is 8.88. The molecule has 1 aliphatic carbocycles. The van der Waals surface area contributed by atoms with Gasteiger partial charge in [0.05, 0.1) is 5.39 Å². The minimum absolute atomic E-state index is 0.0229. The van der Waals surface area contributed by atoms with Crippen molar-refractivity contribution in [2.75, 3.05) is 10.6 Å². The highest BCUT2D eigenvalue weighted by molar-refractivity contribution is 5.88. The fourth-order valence-corrected chi connectivity index (χ4v) is 3.11. The summed E-state index contributed by atoms with van der Waals surface area (Å²) in [4.78, 5) is 12.5.